The highest BCUT2D eigenvalue weighted by Crippen LogP contribution is 2.12. The van der Waals surface area contributed by atoms with Gasteiger partial charge in [-0.1, -0.05) is 0 Å². The molecular formula is C16H24FN3O3. The highest BCUT2D eigenvalue weighted by molar-refractivity contribution is 5.75. The van der Waals surface area contributed by atoms with E-state index in [1.807, 2.05) is 4.90 Å². The third kappa shape index (κ3) is 6.52. The van der Waals surface area contributed by atoms with Gasteiger partial charge in [0.05, 0.1) is 19.3 Å². The Labute approximate surface area is 135 Å². The van der Waals surface area contributed by atoms with Crippen LogP contribution in [0.2, 0.25) is 0 Å². The fourth-order valence-corrected chi connectivity index (χ4v) is 2.58. The molecule has 1 aliphatic heterocycles. The van der Waals surface area contributed by atoms with Crippen LogP contribution in [0, 0.1) is 5.82 Å². The molecule has 1 saturated heterocycles. The minimum atomic E-state index is -0.474. The molecule has 1 aromatic rings. The molecule has 0 spiro atoms. The minimum absolute atomic E-state index is 0.294. The van der Waals surface area contributed by atoms with Gasteiger partial charge in [0.1, 0.15) is 11.6 Å². The number of carbonyl (C=O) groups excluding carboxylic acids is 1. The first-order chi connectivity index (χ1) is 11.0. The van der Waals surface area contributed by atoms with Crippen LogP contribution >= 0.6 is 0 Å². The van der Waals surface area contributed by atoms with Crippen LogP contribution in [0.1, 0.15) is 6.42 Å². The van der Waals surface area contributed by atoms with E-state index in [0.717, 1.165) is 26.2 Å². The van der Waals surface area contributed by atoms with Gasteiger partial charge >= 0.3 is 0 Å². The lowest BCUT2D eigenvalue weighted by Gasteiger charge is -2.34. The minimum Gasteiger partial charge on any atom is -0.493 e. The number of rotatable bonds is 8. The molecule has 0 aromatic heterocycles. The van der Waals surface area contributed by atoms with Crippen LogP contribution in [0.15, 0.2) is 24.3 Å². The van der Waals surface area contributed by atoms with Gasteiger partial charge in [-0.2, -0.15) is 0 Å². The van der Waals surface area contributed by atoms with Crippen LogP contribution in [0.4, 0.5) is 4.39 Å². The zero-order chi connectivity index (χ0) is 16.7. The second kappa shape index (κ2) is 8.81. The van der Waals surface area contributed by atoms with E-state index in [1.54, 1.807) is 12.1 Å². The first-order valence-electron chi connectivity index (χ1n) is 7.82. The lowest BCUT2D eigenvalue weighted by atomic mass is 10.2. The molecule has 1 aromatic carbocycles. The van der Waals surface area contributed by atoms with E-state index in [-0.39, 0.29) is 11.7 Å². The second-order valence-corrected chi connectivity index (χ2v) is 5.79. The van der Waals surface area contributed by atoms with Crippen molar-refractivity contribution in [1.82, 2.24) is 9.80 Å². The number of β-amino-alcohol motifs (C(OH)–C–C–N with tert-alkyl or cyclic N) is 1. The van der Waals surface area contributed by atoms with Gasteiger partial charge in [0.15, 0.2) is 0 Å². The van der Waals surface area contributed by atoms with Crippen molar-refractivity contribution in [3.63, 3.8) is 0 Å². The largest absolute Gasteiger partial charge is 0.493 e. The monoisotopic (exact) mass is 325 g/mol. The molecular weight excluding hydrogens is 301 g/mol. The molecule has 1 heterocycles. The molecule has 128 valence electrons. The van der Waals surface area contributed by atoms with Crippen LogP contribution in [0.25, 0.3) is 0 Å². The lowest BCUT2D eigenvalue weighted by Crippen LogP contribution is -2.50. The predicted octanol–water partition coefficient (Wildman–Crippen LogP) is 0.0584. The number of primary amides is 1. The summed E-state index contributed by atoms with van der Waals surface area (Å²) in [4.78, 5) is 15.1. The Balaban J connectivity index is 1.61. The Kier molecular flexibility index (Phi) is 6.76. The van der Waals surface area contributed by atoms with E-state index >= 15 is 0 Å². The van der Waals surface area contributed by atoms with E-state index in [4.69, 9.17) is 10.5 Å². The number of amides is 1. The zero-order valence-corrected chi connectivity index (χ0v) is 13.2. The third-order valence-corrected chi connectivity index (χ3v) is 3.85. The van der Waals surface area contributed by atoms with Crippen molar-refractivity contribution in [3.05, 3.63) is 30.1 Å². The number of benzene rings is 1. The van der Waals surface area contributed by atoms with Gasteiger partial charge in [-0.15, -0.1) is 0 Å². The van der Waals surface area contributed by atoms with Gasteiger partial charge in [-0.3, -0.25) is 14.6 Å². The summed E-state index contributed by atoms with van der Waals surface area (Å²) >= 11 is 0. The molecule has 23 heavy (non-hydrogen) atoms. The zero-order valence-electron chi connectivity index (χ0n) is 13.2. The second-order valence-electron chi connectivity index (χ2n) is 5.79. The van der Waals surface area contributed by atoms with Crippen LogP contribution < -0.4 is 10.5 Å². The summed E-state index contributed by atoms with van der Waals surface area (Å²) in [6.45, 7) is 4.43. The third-order valence-electron chi connectivity index (χ3n) is 3.85. The summed E-state index contributed by atoms with van der Waals surface area (Å²) in [6, 6.07) is 5.83. The van der Waals surface area contributed by atoms with Crippen molar-refractivity contribution in [2.45, 2.75) is 12.5 Å². The molecule has 0 radical (unpaired) electrons. The van der Waals surface area contributed by atoms with Gasteiger partial charge in [0.2, 0.25) is 5.91 Å². The number of nitrogens with zero attached hydrogens (tertiary/aromatic N) is 2. The van der Waals surface area contributed by atoms with E-state index in [9.17, 15) is 14.3 Å². The molecule has 0 bridgehead atoms. The van der Waals surface area contributed by atoms with Crippen LogP contribution in [0.3, 0.4) is 0 Å². The van der Waals surface area contributed by atoms with E-state index < -0.39 is 6.10 Å². The predicted molar refractivity (Wildman–Crippen MR) is 84.6 cm³/mol. The normalized spacial score (nSPS) is 17.8. The molecule has 7 heteroatoms. The summed E-state index contributed by atoms with van der Waals surface area (Å²) in [7, 11) is 0. The maximum atomic E-state index is 12.8. The van der Waals surface area contributed by atoms with E-state index in [0.29, 0.717) is 31.9 Å². The molecule has 1 aliphatic rings. The number of nitrogens with two attached hydrogens (primary N) is 1. The quantitative estimate of drug-likeness (QED) is 0.706. The molecule has 6 nitrogen and oxygen atoms in total. The van der Waals surface area contributed by atoms with Gasteiger partial charge in [0, 0.05) is 39.1 Å². The Morgan fingerprint density at radius 2 is 1.83 bits per heavy atom. The number of hydrogen-bond donors (Lipinski definition) is 2. The topological polar surface area (TPSA) is 79.0 Å². The number of aliphatic hydroxyl groups excluding tert-OH is 1. The maximum absolute atomic E-state index is 12.8. The number of hydrogen-bond acceptors (Lipinski definition) is 5. The van der Waals surface area contributed by atoms with Crippen molar-refractivity contribution in [1.29, 1.82) is 0 Å². The molecule has 3 N–H and O–H groups in total. The average molecular weight is 325 g/mol. The molecule has 1 atom stereocenters. The summed E-state index contributed by atoms with van der Waals surface area (Å²) in [5.41, 5.74) is 5.18. The summed E-state index contributed by atoms with van der Waals surface area (Å²) < 4.78 is 18.2. The van der Waals surface area contributed by atoms with Crippen molar-refractivity contribution in [3.8, 4) is 5.75 Å². The Morgan fingerprint density at radius 3 is 2.43 bits per heavy atom. The first-order valence-corrected chi connectivity index (χ1v) is 7.82. The van der Waals surface area contributed by atoms with E-state index in [1.165, 1.54) is 12.1 Å². The van der Waals surface area contributed by atoms with Gasteiger partial charge < -0.3 is 15.6 Å². The Bertz CT molecular complexity index is 490. The van der Waals surface area contributed by atoms with Crippen LogP contribution in [0.5, 0.6) is 5.75 Å². The van der Waals surface area contributed by atoms with Crippen molar-refractivity contribution >= 4 is 5.91 Å². The highest BCUT2D eigenvalue weighted by atomic mass is 19.1. The number of aliphatic hydroxyl groups is 1. The number of piperazine rings is 1. The number of ether oxygens (including phenoxy) is 1. The van der Waals surface area contributed by atoms with Gasteiger partial charge in [0.25, 0.3) is 0 Å². The van der Waals surface area contributed by atoms with Crippen LogP contribution in [-0.2, 0) is 4.79 Å². The molecule has 1 amide bonds. The fraction of sp³-hybridized carbons (Fsp3) is 0.562. The summed E-state index contributed by atoms with van der Waals surface area (Å²) in [5.74, 6) is -0.0112. The maximum Gasteiger partial charge on any atom is 0.231 e. The van der Waals surface area contributed by atoms with Gasteiger partial charge in [-0.05, 0) is 24.3 Å². The molecule has 0 aliphatic carbocycles. The molecule has 1 fully saturated rings. The average Bonchev–Trinajstić information content (AvgIpc) is 2.51. The fourth-order valence-electron chi connectivity index (χ4n) is 2.58. The Morgan fingerprint density at radius 1 is 1.22 bits per heavy atom. The number of halogens is 1. The van der Waals surface area contributed by atoms with E-state index in [2.05, 4.69) is 4.90 Å². The summed E-state index contributed by atoms with van der Waals surface area (Å²) in [6.07, 6.45) is 0.0388. The molecule has 1 unspecified atom stereocenters. The highest BCUT2D eigenvalue weighted by Gasteiger charge is 2.19. The number of carbonyl (C=O) groups is 1. The first kappa shape index (κ1) is 17.7. The Hall–Kier alpha value is -1.70. The molecule has 2 rings (SSSR count). The lowest BCUT2D eigenvalue weighted by molar-refractivity contribution is -0.119. The van der Waals surface area contributed by atoms with Crippen molar-refractivity contribution in [2.24, 2.45) is 5.73 Å². The van der Waals surface area contributed by atoms with Gasteiger partial charge in [-0.25, -0.2) is 4.39 Å². The smallest absolute Gasteiger partial charge is 0.231 e. The van der Waals surface area contributed by atoms with Crippen molar-refractivity contribution in [2.75, 3.05) is 45.9 Å². The summed E-state index contributed by atoms with van der Waals surface area (Å²) in [5, 5.41) is 10.1. The van der Waals surface area contributed by atoms with Crippen LogP contribution in [-0.4, -0.2) is 72.8 Å². The van der Waals surface area contributed by atoms with Crippen molar-refractivity contribution < 1.29 is 19.0 Å². The molecule has 0 saturated carbocycles. The standard InChI is InChI=1S/C16H24FN3O3/c17-13-1-3-15(4-2-13)23-10-5-14(21)11-19-6-8-20(9-7-19)12-16(18)22/h1-4,14,21H,5-12H2,(H2,18,22). The SMILES string of the molecule is NC(=O)CN1CCN(CC(O)CCOc2ccc(F)cc2)CC1.